The van der Waals surface area contributed by atoms with E-state index in [1.165, 1.54) is 193 Å². The molecule has 0 aliphatic rings. The molecule has 0 spiro atoms. The van der Waals surface area contributed by atoms with Crippen LogP contribution in [0, 0.1) is 0 Å². The van der Waals surface area contributed by atoms with Crippen molar-refractivity contribution in [1.29, 1.82) is 0 Å². The summed E-state index contributed by atoms with van der Waals surface area (Å²) in [4.78, 5) is 40.1. The first-order chi connectivity index (χ1) is 38.4. The molecule has 0 saturated heterocycles. The Bertz CT molecular complexity index is 1540. The number of rotatable bonds is 61. The molecule has 3 atom stereocenters. The van der Waals surface area contributed by atoms with Crippen molar-refractivity contribution in [3.05, 3.63) is 60.8 Å². The predicted octanol–water partition coefficient (Wildman–Crippen LogP) is 20.4. The van der Waals surface area contributed by atoms with Crippen molar-refractivity contribution in [2.45, 2.75) is 328 Å². The first-order valence-electron chi connectivity index (χ1n) is 33.6. The maximum absolute atomic E-state index is 13.6. The molecule has 0 aliphatic carbocycles. The van der Waals surface area contributed by atoms with Gasteiger partial charge in [0.15, 0.2) is 0 Å². The van der Waals surface area contributed by atoms with E-state index < -0.39 is 26.6 Å². The fraction of sp³-hybridized carbons (Fsp3) is 0.826. The van der Waals surface area contributed by atoms with E-state index in [0.29, 0.717) is 17.4 Å². The maximum atomic E-state index is 13.6. The lowest BCUT2D eigenvalue weighted by Gasteiger charge is -2.30. The second kappa shape index (κ2) is 58.9. The number of nitrogens with one attached hydrogen (secondary N) is 1. The minimum Gasteiger partial charge on any atom is -0.756 e. The number of hydrogen-bond donors (Lipinski definition) is 1. The minimum atomic E-state index is -4.70. The Kier molecular flexibility index (Phi) is 57.2. The molecule has 1 N–H and O–H groups in total. The molecule has 0 aromatic carbocycles. The van der Waals surface area contributed by atoms with E-state index in [-0.39, 0.29) is 24.9 Å². The number of quaternary nitrogens is 1. The number of amides is 1. The molecular formula is C69H129N2O7P. The molecule has 0 radical (unpaired) electrons. The van der Waals surface area contributed by atoms with Crippen LogP contribution in [-0.4, -0.2) is 69.4 Å². The van der Waals surface area contributed by atoms with Crippen molar-refractivity contribution in [2.24, 2.45) is 0 Å². The van der Waals surface area contributed by atoms with Crippen LogP contribution in [0.3, 0.4) is 0 Å². The van der Waals surface area contributed by atoms with Gasteiger partial charge in [-0.05, 0) is 76.7 Å². The molecule has 462 valence electrons. The Morgan fingerprint density at radius 2 is 0.772 bits per heavy atom. The lowest BCUT2D eigenvalue weighted by atomic mass is 10.0. The van der Waals surface area contributed by atoms with Crippen molar-refractivity contribution in [3.8, 4) is 0 Å². The van der Waals surface area contributed by atoms with Crippen LogP contribution in [-0.2, 0) is 27.9 Å². The van der Waals surface area contributed by atoms with Crippen molar-refractivity contribution in [3.63, 3.8) is 0 Å². The highest BCUT2D eigenvalue weighted by atomic mass is 31.2. The fourth-order valence-corrected chi connectivity index (χ4v) is 10.5. The van der Waals surface area contributed by atoms with E-state index in [2.05, 4.69) is 74.7 Å². The minimum absolute atomic E-state index is 0.0239. The molecule has 0 rings (SSSR count). The van der Waals surface area contributed by atoms with Crippen molar-refractivity contribution < 1.29 is 37.3 Å². The average molecular weight is 1130 g/mol. The van der Waals surface area contributed by atoms with E-state index in [4.69, 9.17) is 13.8 Å². The second-order valence-electron chi connectivity index (χ2n) is 24.0. The van der Waals surface area contributed by atoms with Gasteiger partial charge in [-0.25, -0.2) is 0 Å². The summed E-state index contributed by atoms with van der Waals surface area (Å²) in [7, 11) is 1.18. The normalized spacial score (nSPS) is 14.0. The molecule has 0 heterocycles. The summed E-state index contributed by atoms with van der Waals surface area (Å²) in [6, 6.07) is -0.892. The zero-order chi connectivity index (χ0) is 57.9. The van der Waals surface area contributed by atoms with Crippen LogP contribution in [0.25, 0.3) is 0 Å². The number of nitrogens with zero attached hydrogens (tertiary/aromatic N) is 1. The van der Waals surface area contributed by atoms with E-state index >= 15 is 0 Å². The highest BCUT2D eigenvalue weighted by Crippen LogP contribution is 2.38. The molecule has 0 aromatic rings. The van der Waals surface area contributed by atoms with Gasteiger partial charge in [-0.1, -0.05) is 287 Å². The number of allylic oxidation sites excluding steroid dienone is 9. The zero-order valence-electron chi connectivity index (χ0n) is 52.8. The molecule has 0 fully saturated rings. The van der Waals surface area contributed by atoms with Gasteiger partial charge in [-0.15, -0.1) is 0 Å². The summed E-state index contributed by atoms with van der Waals surface area (Å²) >= 11 is 0. The lowest BCUT2D eigenvalue weighted by molar-refractivity contribution is -0.870. The molecule has 10 heteroatoms. The number of likely N-dealkylation sites (N-methyl/N-ethyl adjacent to an activating group) is 1. The van der Waals surface area contributed by atoms with Gasteiger partial charge in [0.05, 0.1) is 33.8 Å². The van der Waals surface area contributed by atoms with Gasteiger partial charge in [-0.2, -0.15) is 0 Å². The average Bonchev–Trinajstić information content (AvgIpc) is 3.41. The Labute approximate surface area is 490 Å². The number of phosphoric ester groups is 1. The summed E-state index contributed by atoms with van der Waals surface area (Å²) in [5, 5.41) is 3.04. The Morgan fingerprint density at radius 3 is 1.18 bits per heavy atom. The Hall–Kier alpha value is -2.29. The number of esters is 1. The largest absolute Gasteiger partial charge is 0.756 e. The monoisotopic (exact) mass is 1130 g/mol. The molecule has 0 bridgehead atoms. The van der Waals surface area contributed by atoms with Gasteiger partial charge in [0.2, 0.25) is 5.91 Å². The van der Waals surface area contributed by atoms with Crippen molar-refractivity contribution in [2.75, 3.05) is 40.9 Å². The molecular weight excluding hydrogens is 1000 g/mol. The summed E-state index contributed by atoms with van der Waals surface area (Å²) < 4.78 is 30.4. The van der Waals surface area contributed by atoms with Crippen molar-refractivity contribution >= 4 is 19.7 Å². The van der Waals surface area contributed by atoms with Crippen LogP contribution in [0.5, 0.6) is 0 Å². The molecule has 0 aromatic heterocycles. The standard InChI is InChI=1S/C69H129N2O7P/c1-7-10-13-16-19-22-25-27-29-31-33-34-35-36-38-40-42-44-47-50-53-56-59-62-69(73)78-67(60-57-54-51-48-45-24-21-18-15-12-9-3)66(65-77-79(74,75)76-64-63-71(4,5)6)70-68(72)61-58-55-52-49-46-43-41-39-37-32-30-28-26-23-20-17-14-11-8-2/h19,22,27,29,33-34,36,38,57,60,66-67H,7-18,20-21,23-26,28,30-32,35,37,39-56,58-59,61-65H2,1-6H3,(H-,70,72,74,75)/b22-19-,29-27-,34-33-,38-36-,60-57+. The van der Waals surface area contributed by atoms with E-state index in [1.54, 1.807) is 0 Å². The van der Waals surface area contributed by atoms with Crippen LogP contribution in [0.4, 0.5) is 0 Å². The van der Waals surface area contributed by atoms with E-state index in [1.807, 2.05) is 33.3 Å². The third kappa shape index (κ3) is 60.1. The molecule has 79 heavy (non-hydrogen) atoms. The first-order valence-corrected chi connectivity index (χ1v) is 35.1. The molecule has 1 amide bonds. The highest BCUT2D eigenvalue weighted by Gasteiger charge is 2.27. The number of hydrogen-bond acceptors (Lipinski definition) is 7. The third-order valence-corrected chi connectivity index (χ3v) is 15.9. The van der Waals surface area contributed by atoms with Crippen LogP contribution in [0.1, 0.15) is 316 Å². The Balaban J connectivity index is 5.13. The SMILES string of the molecule is CCCCC/C=C\C/C=C\C/C=C\C/C=C\CCCCCCCCCC(=O)OC(/C=C/CCCCCCCCCCC)C(COP(=O)([O-])OCC[N+](C)(C)C)NC(=O)CCCCCCCCCCCCCCCCCCCCC. The molecule has 9 nitrogen and oxygen atoms in total. The molecule has 3 unspecified atom stereocenters. The summed E-state index contributed by atoms with van der Waals surface area (Å²) in [6.07, 6.45) is 74.7. The number of phosphoric acid groups is 1. The molecule has 0 saturated carbocycles. The van der Waals surface area contributed by atoms with Gasteiger partial charge < -0.3 is 28.5 Å². The first kappa shape index (κ1) is 76.7. The van der Waals surface area contributed by atoms with Crippen LogP contribution < -0.4 is 10.2 Å². The summed E-state index contributed by atoms with van der Waals surface area (Å²) in [5.74, 6) is -0.542. The zero-order valence-corrected chi connectivity index (χ0v) is 53.7. The van der Waals surface area contributed by atoms with Gasteiger partial charge >= 0.3 is 5.97 Å². The van der Waals surface area contributed by atoms with Gasteiger partial charge in [0, 0.05) is 12.8 Å². The Morgan fingerprint density at radius 1 is 0.443 bits per heavy atom. The number of ether oxygens (including phenoxy) is 1. The smallest absolute Gasteiger partial charge is 0.306 e. The van der Waals surface area contributed by atoms with E-state index in [0.717, 1.165) is 89.9 Å². The van der Waals surface area contributed by atoms with Crippen LogP contribution in [0.2, 0.25) is 0 Å². The van der Waals surface area contributed by atoms with E-state index in [9.17, 15) is 19.0 Å². The van der Waals surface area contributed by atoms with Crippen molar-refractivity contribution in [1.82, 2.24) is 5.32 Å². The predicted molar refractivity (Wildman–Crippen MR) is 339 cm³/mol. The topological polar surface area (TPSA) is 114 Å². The summed E-state index contributed by atoms with van der Waals surface area (Å²) in [5.41, 5.74) is 0. The lowest BCUT2D eigenvalue weighted by Crippen LogP contribution is -2.47. The summed E-state index contributed by atoms with van der Waals surface area (Å²) in [6.45, 7) is 6.84. The highest BCUT2D eigenvalue weighted by molar-refractivity contribution is 7.45. The number of unbranched alkanes of at least 4 members (excludes halogenated alkanes) is 37. The molecule has 0 aliphatic heterocycles. The van der Waals surface area contributed by atoms with Crippen LogP contribution >= 0.6 is 7.82 Å². The quantitative estimate of drug-likeness (QED) is 0.0212. The number of carbonyl (C=O) groups is 2. The van der Waals surface area contributed by atoms with Gasteiger partial charge in [0.25, 0.3) is 7.82 Å². The van der Waals surface area contributed by atoms with Gasteiger partial charge in [0.1, 0.15) is 19.3 Å². The second-order valence-corrected chi connectivity index (χ2v) is 25.4. The maximum Gasteiger partial charge on any atom is 0.306 e. The van der Waals surface area contributed by atoms with Gasteiger partial charge in [-0.3, -0.25) is 14.2 Å². The van der Waals surface area contributed by atoms with Crippen LogP contribution in [0.15, 0.2) is 60.8 Å². The number of carbonyl (C=O) groups excluding carboxylic acids is 2. The fourth-order valence-electron chi connectivity index (χ4n) is 9.74. The third-order valence-electron chi connectivity index (χ3n) is 15.0.